The molecule has 1 atom stereocenters. The maximum Gasteiger partial charge on any atom is 0.193 e. The van der Waals surface area contributed by atoms with E-state index in [1.807, 2.05) is 6.07 Å². The van der Waals surface area contributed by atoms with E-state index in [9.17, 15) is 0 Å². The summed E-state index contributed by atoms with van der Waals surface area (Å²) in [6.45, 7) is 12.1. The van der Waals surface area contributed by atoms with Gasteiger partial charge in [-0.3, -0.25) is 4.99 Å². The van der Waals surface area contributed by atoms with Crippen molar-refractivity contribution in [2.45, 2.75) is 51.4 Å². The van der Waals surface area contributed by atoms with Crippen LogP contribution in [0.2, 0.25) is 18.1 Å². The summed E-state index contributed by atoms with van der Waals surface area (Å²) >= 11 is 0. The first kappa shape index (κ1) is 21.6. The molecule has 0 saturated carbocycles. The maximum atomic E-state index is 6.95. The van der Waals surface area contributed by atoms with Gasteiger partial charge >= 0.3 is 0 Å². The summed E-state index contributed by atoms with van der Waals surface area (Å²) in [5.41, 5.74) is 4.45. The molecule has 29 heavy (non-hydrogen) atoms. The molecule has 1 aliphatic rings. The van der Waals surface area contributed by atoms with Gasteiger partial charge in [0.05, 0.1) is 19.9 Å². The molecule has 0 aromatic heterocycles. The van der Waals surface area contributed by atoms with Gasteiger partial charge in [0.25, 0.3) is 0 Å². The highest BCUT2D eigenvalue weighted by Gasteiger charge is 2.41. The van der Waals surface area contributed by atoms with E-state index in [0.717, 1.165) is 41.3 Å². The fourth-order valence-corrected chi connectivity index (χ4v) is 4.54. The van der Waals surface area contributed by atoms with Crippen LogP contribution in [0.3, 0.4) is 0 Å². The molecule has 1 aliphatic heterocycles. The third kappa shape index (κ3) is 4.41. The zero-order valence-electron chi connectivity index (χ0n) is 18.7. The van der Waals surface area contributed by atoms with Crippen molar-refractivity contribution in [1.82, 2.24) is 0 Å². The molecule has 0 spiro atoms. The second-order valence-electron chi connectivity index (χ2n) is 9.05. The number of aliphatic imine (C=N–C) groups is 1. The van der Waals surface area contributed by atoms with Crippen LogP contribution in [0.1, 0.15) is 43.6 Å². The first-order chi connectivity index (χ1) is 13.7. The highest BCUT2D eigenvalue weighted by Crippen LogP contribution is 2.42. The average Bonchev–Trinajstić information content (AvgIpc) is 2.70. The lowest BCUT2D eigenvalue weighted by molar-refractivity contribution is 0.246. The van der Waals surface area contributed by atoms with Crippen LogP contribution in [-0.4, -0.2) is 34.8 Å². The number of ether oxygens (including phenoxy) is 2. The van der Waals surface area contributed by atoms with Gasteiger partial charge in [0.1, 0.15) is 6.10 Å². The molecule has 156 valence electrons. The summed E-state index contributed by atoms with van der Waals surface area (Å²) in [7, 11) is 1.31. The van der Waals surface area contributed by atoms with Crippen LogP contribution in [0.25, 0.3) is 0 Å². The Morgan fingerprint density at radius 1 is 0.966 bits per heavy atom. The molecule has 0 radical (unpaired) electrons. The summed E-state index contributed by atoms with van der Waals surface area (Å²) in [5.74, 6) is 1.48. The molecule has 0 N–H and O–H groups in total. The quantitative estimate of drug-likeness (QED) is 0.563. The first-order valence-electron chi connectivity index (χ1n) is 10.2. The SMILES string of the molecule is COc1cc2c(cc1OC)C([C@@H](O[Si](C)(C)C(C)(C)C)c1ccccc1)=NCC2. The molecule has 0 bridgehead atoms. The molecule has 0 aliphatic carbocycles. The van der Waals surface area contributed by atoms with Crippen molar-refractivity contribution < 1.29 is 13.9 Å². The van der Waals surface area contributed by atoms with Crippen molar-refractivity contribution in [1.29, 1.82) is 0 Å². The molecule has 0 amide bonds. The molecule has 4 nitrogen and oxygen atoms in total. The van der Waals surface area contributed by atoms with Crippen LogP contribution in [0, 0.1) is 0 Å². The standard InChI is InChI=1S/C24H33NO3Si/c1-24(2,3)29(6,7)28-23(17-11-9-8-10-12-17)22-19-16-21(27-5)20(26-4)15-18(19)13-14-25-22/h8-12,15-16,23H,13-14H2,1-7H3/t23-/m0/s1. The third-order valence-corrected chi connectivity index (χ3v) is 10.6. The second kappa shape index (κ2) is 8.32. The molecule has 0 unspecified atom stereocenters. The van der Waals surface area contributed by atoms with Crippen molar-refractivity contribution in [3.05, 3.63) is 59.2 Å². The molecular formula is C24H33NO3Si. The topological polar surface area (TPSA) is 40.0 Å². The fourth-order valence-electron chi connectivity index (χ4n) is 3.35. The van der Waals surface area contributed by atoms with E-state index in [1.54, 1.807) is 14.2 Å². The van der Waals surface area contributed by atoms with Crippen molar-refractivity contribution in [3.63, 3.8) is 0 Å². The number of methoxy groups -OCH3 is 2. The normalized spacial score (nSPS) is 15.3. The summed E-state index contributed by atoms with van der Waals surface area (Å²) in [6.07, 6.45) is 0.690. The summed E-state index contributed by atoms with van der Waals surface area (Å²) in [5, 5.41) is 0.107. The van der Waals surface area contributed by atoms with Gasteiger partial charge in [-0.2, -0.15) is 0 Å². The number of benzene rings is 2. The van der Waals surface area contributed by atoms with Gasteiger partial charge in [0.15, 0.2) is 19.8 Å². The van der Waals surface area contributed by atoms with Crippen molar-refractivity contribution >= 4 is 14.0 Å². The highest BCUT2D eigenvalue weighted by molar-refractivity contribution is 6.74. The van der Waals surface area contributed by atoms with Crippen LogP contribution in [-0.2, 0) is 10.8 Å². The molecule has 5 heteroatoms. The molecule has 0 fully saturated rings. The van der Waals surface area contributed by atoms with Crippen LogP contribution in [0.15, 0.2) is 47.5 Å². The Hall–Kier alpha value is -2.11. The van der Waals surface area contributed by atoms with Gasteiger partial charge in [-0.1, -0.05) is 51.1 Å². The Labute approximate surface area is 176 Å². The molecule has 0 saturated heterocycles. The number of nitrogens with zero attached hydrogens (tertiary/aromatic N) is 1. The lowest BCUT2D eigenvalue weighted by Crippen LogP contribution is -2.43. The van der Waals surface area contributed by atoms with Gasteiger partial charge in [-0.15, -0.1) is 0 Å². The third-order valence-electron chi connectivity index (χ3n) is 6.12. The van der Waals surface area contributed by atoms with Crippen LogP contribution < -0.4 is 9.47 Å². The minimum absolute atomic E-state index is 0.107. The Bertz CT molecular complexity index is 885. The zero-order chi connectivity index (χ0) is 21.2. The fraction of sp³-hybridized carbons (Fsp3) is 0.458. The molecular weight excluding hydrogens is 378 g/mol. The van der Waals surface area contributed by atoms with Crippen LogP contribution in [0.4, 0.5) is 0 Å². The molecule has 1 heterocycles. The number of fused-ring (bicyclic) bond motifs is 1. The van der Waals surface area contributed by atoms with E-state index in [1.165, 1.54) is 5.56 Å². The summed E-state index contributed by atoms with van der Waals surface area (Å²) in [4.78, 5) is 4.96. The lowest BCUT2D eigenvalue weighted by Gasteiger charge is -2.40. The predicted molar refractivity (Wildman–Crippen MR) is 122 cm³/mol. The van der Waals surface area contributed by atoms with Crippen LogP contribution in [0.5, 0.6) is 11.5 Å². The van der Waals surface area contributed by atoms with Gasteiger partial charge < -0.3 is 13.9 Å². The van der Waals surface area contributed by atoms with E-state index in [-0.39, 0.29) is 11.1 Å². The predicted octanol–water partition coefficient (Wildman–Crippen LogP) is 5.81. The molecule has 2 aromatic rings. The number of hydrogen-bond acceptors (Lipinski definition) is 4. The molecule has 3 rings (SSSR count). The largest absolute Gasteiger partial charge is 0.493 e. The van der Waals surface area contributed by atoms with E-state index in [2.05, 4.69) is 70.3 Å². The first-order valence-corrected chi connectivity index (χ1v) is 13.1. The summed E-state index contributed by atoms with van der Waals surface area (Å²) < 4.78 is 18.0. The Balaban J connectivity index is 2.12. The second-order valence-corrected chi connectivity index (χ2v) is 13.8. The van der Waals surface area contributed by atoms with E-state index in [0.29, 0.717) is 0 Å². The smallest absolute Gasteiger partial charge is 0.193 e. The Kier molecular flexibility index (Phi) is 6.20. The zero-order valence-corrected chi connectivity index (χ0v) is 19.7. The van der Waals surface area contributed by atoms with Crippen LogP contribution >= 0.6 is 0 Å². The van der Waals surface area contributed by atoms with Gasteiger partial charge in [0, 0.05) is 12.1 Å². The maximum absolute atomic E-state index is 6.95. The van der Waals surface area contributed by atoms with E-state index < -0.39 is 8.32 Å². The van der Waals surface area contributed by atoms with Crippen molar-refractivity contribution in [3.8, 4) is 11.5 Å². The number of rotatable bonds is 6. The minimum atomic E-state index is -2.03. The van der Waals surface area contributed by atoms with Gasteiger partial charge in [-0.25, -0.2) is 0 Å². The molecule has 2 aromatic carbocycles. The van der Waals surface area contributed by atoms with Gasteiger partial charge in [0.2, 0.25) is 0 Å². The van der Waals surface area contributed by atoms with E-state index >= 15 is 0 Å². The minimum Gasteiger partial charge on any atom is -0.493 e. The monoisotopic (exact) mass is 411 g/mol. The van der Waals surface area contributed by atoms with Gasteiger partial charge in [-0.05, 0) is 47.8 Å². The average molecular weight is 412 g/mol. The van der Waals surface area contributed by atoms with Crippen molar-refractivity contribution in [2.75, 3.05) is 20.8 Å². The lowest BCUT2D eigenvalue weighted by atomic mass is 9.91. The highest BCUT2D eigenvalue weighted by atomic mass is 28.4. The van der Waals surface area contributed by atoms with Crippen molar-refractivity contribution in [2.24, 2.45) is 4.99 Å². The Morgan fingerprint density at radius 3 is 2.17 bits per heavy atom. The van der Waals surface area contributed by atoms with E-state index in [4.69, 9.17) is 18.9 Å². The summed E-state index contributed by atoms with van der Waals surface area (Å²) in [6, 6.07) is 14.6. The number of hydrogen-bond donors (Lipinski definition) is 0. The Morgan fingerprint density at radius 2 is 1.59 bits per heavy atom.